The number of nitrogens with one attached hydrogen (secondary N) is 1. The quantitative estimate of drug-likeness (QED) is 0.708. The number of hydrogen-bond donors (Lipinski definition) is 2. The van der Waals surface area contributed by atoms with Crippen LogP contribution in [-0.4, -0.2) is 44.3 Å². The molecule has 0 saturated heterocycles. The molecule has 0 radical (unpaired) electrons. The molecule has 1 aliphatic rings. The van der Waals surface area contributed by atoms with Crippen molar-refractivity contribution in [1.29, 1.82) is 0 Å². The van der Waals surface area contributed by atoms with Crippen molar-refractivity contribution >= 4 is 15.9 Å². The zero-order valence-electron chi connectivity index (χ0n) is 16.7. The van der Waals surface area contributed by atoms with E-state index in [2.05, 4.69) is 5.32 Å². The lowest BCUT2D eigenvalue weighted by molar-refractivity contribution is 0.0915. The molecule has 0 heterocycles. The molecule has 1 amide bonds. The van der Waals surface area contributed by atoms with Crippen LogP contribution in [0, 0.1) is 12.8 Å². The largest absolute Gasteiger partial charge is 0.348 e. The number of nitrogens with zero attached hydrogens (tertiary/aromatic N) is 1. The molecule has 6 nitrogen and oxygen atoms in total. The van der Waals surface area contributed by atoms with Crippen LogP contribution < -0.4 is 11.1 Å². The molecule has 1 saturated carbocycles. The normalized spacial score (nSPS) is 17.1. The third kappa shape index (κ3) is 5.09. The van der Waals surface area contributed by atoms with Crippen LogP contribution in [0.15, 0.2) is 23.1 Å². The molecule has 7 heteroatoms. The van der Waals surface area contributed by atoms with E-state index in [1.807, 2.05) is 13.8 Å². The molecular formula is C20H33N3O3S. The van der Waals surface area contributed by atoms with E-state index in [1.54, 1.807) is 19.1 Å². The van der Waals surface area contributed by atoms with Crippen molar-refractivity contribution in [2.75, 3.05) is 19.6 Å². The Morgan fingerprint density at radius 3 is 2.41 bits per heavy atom. The highest BCUT2D eigenvalue weighted by atomic mass is 32.2. The third-order valence-electron chi connectivity index (χ3n) is 5.56. The molecule has 0 bridgehead atoms. The highest BCUT2D eigenvalue weighted by Gasteiger charge is 2.27. The number of amides is 1. The van der Waals surface area contributed by atoms with Crippen LogP contribution in [-0.2, 0) is 10.0 Å². The van der Waals surface area contributed by atoms with Gasteiger partial charge in [-0.3, -0.25) is 4.79 Å². The summed E-state index contributed by atoms with van der Waals surface area (Å²) >= 11 is 0. The van der Waals surface area contributed by atoms with Gasteiger partial charge in [-0.05, 0) is 43.4 Å². The summed E-state index contributed by atoms with van der Waals surface area (Å²) in [7, 11) is -3.61. The lowest BCUT2D eigenvalue weighted by atomic mass is 9.84. The minimum atomic E-state index is -3.61. The van der Waals surface area contributed by atoms with Gasteiger partial charge >= 0.3 is 0 Å². The Bertz CT molecular complexity index is 739. The molecule has 27 heavy (non-hydrogen) atoms. The lowest BCUT2D eigenvalue weighted by Crippen LogP contribution is -2.46. The van der Waals surface area contributed by atoms with Gasteiger partial charge in [-0.2, -0.15) is 4.31 Å². The van der Waals surface area contributed by atoms with Crippen LogP contribution in [0.5, 0.6) is 0 Å². The Hall–Kier alpha value is -1.44. The van der Waals surface area contributed by atoms with Gasteiger partial charge in [0, 0.05) is 31.2 Å². The zero-order valence-corrected chi connectivity index (χ0v) is 17.5. The van der Waals surface area contributed by atoms with E-state index in [4.69, 9.17) is 5.73 Å². The van der Waals surface area contributed by atoms with Crippen LogP contribution in [0.25, 0.3) is 0 Å². The number of rotatable bonds is 8. The maximum absolute atomic E-state index is 12.9. The first-order chi connectivity index (χ1) is 12.8. The lowest BCUT2D eigenvalue weighted by Gasteiger charge is -2.30. The van der Waals surface area contributed by atoms with Crippen molar-refractivity contribution in [3.05, 3.63) is 29.3 Å². The molecule has 0 aromatic heterocycles. The molecule has 1 unspecified atom stereocenters. The number of carbonyl (C=O) groups excluding carboxylic acids is 1. The predicted molar refractivity (Wildman–Crippen MR) is 108 cm³/mol. The summed E-state index contributed by atoms with van der Waals surface area (Å²) in [6.45, 7) is 6.55. The number of sulfonamides is 1. The molecule has 0 spiro atoms. The average Bonchev–Trinajstić information content (AvgIpc) is 2.67. The first-order valence-electron chi connectivity index (χ1n) is 9.96. The Morgan fingerprint density at radius 1 is 1.22 bits per heavy atom. The molecule has 0 aliphatic heterocycles. The topological polar surface area (TPSA) is 92.5 Å². The fourth-order valence-corrected chi connectivity index (χ4v) is 5.59. The van der Waals surface area contributed by atoms with Gasteiger partial charge in [0.2, 0.25) is 10.0 Å². The summed E-state index contributed by atoms with van der Waals surface area (Å²) in [5.74, 6) is 0.143. The maximum Gasteiger partial charge on any atom is 0.251 e. The summed E-state index contributed by atoms with van der Waals surface area (Å²) in [6.07, 6.45) is 5.75. The first kappa shape index (κ1) is 21.9. The van der Waals surface area contributed by atoms with Crippen molar-refractivity contribution < 1.29 is 13.2 Å². The van der Waals surface area contributed by atoms with Crippen LogP contribution in [0.4, 0.5) is 0 Å². The van der Waals surface area contributed by atoms with Gasteiger partial charge in [0.15, 0.2) is 0 Å². The number of nitrogens with two attached hydrogens (primary N) is 1. The van der Waals surface area contributed by atoms with E-state index in [0.717, 1.165) is 12.8 Å². The summed E-state index contributed by atoms with van der Waals surface area (Å²) in [5, 5.41) is 3.04. The number of aryl methyl sites for hydroxylation is 1. The van der Waals surface area contributed by atoms with E-state index in [1.165, 1.54) is 29.6 Å². The van der Waals surface area contributed by atoms with Gasteiger partial charge < -0.3 is 11.1 Å². The fourth-order valence-electron chi connectivity index (χ4n) is 3.88. The number of benzene rings is 1. The molecule has 3 N–H and O–H groups in total. The Kier molecular flexibility index (Phi) is 7.82. The van der Waals surface area contributed by atoms with E-state index in [-0.39, 0.29) is 16.8 Å². The van der Waals surface area contributed by atoms with Crippen LogP contribution in [0.2, 0.25) is 0 Å². The minimum absolute atomic E-state index is 0.0676. The second-order valence-electron chi connectivity index (χ2n) is 7.28. The van der Waals surface area contributed by atoms with E-state index in [9.17, 15) is 13.2 Å². The predicted octanol–water partition coefficient (Wildman–Crippen LogP) is 2.66. The van der Waals surface area contributed by atoms with Gasteiger partial charge in [-0.15, -0.1) is 0 Å². The standard InChI is InChI=1S/C20H33N3O3S/c1-4-23(5-2)27(25,26)19-13-17(12-11-15(19)3)20(24)22-18(14-21)16-9-7-6-8-10-16/h11-13,16,18H,4-10,14,21H2,1-3H3,(H,22,24). The second kappa shape index (κ2) is 9.66. The molecule has 152 valence electrons. The van der Waals surface area contributed by atoms with Crippen molar-refractivity contribution in [2.45, 2.75) is 63.8 Å². The maximum atomic E-state index is 12.9. The monoisotopic (exact) mass is 395 g/mol. The summed E-state index contributed by atoms with van der Waals surface area (Å²) in [5.41, 5.74) is 6.91. The van der Waals surface area contributed by atoms with Gasteiger partial charge in [-0.25, -0.2) is 8.42 Å². The van der Waals surface area contributed by atoms with Crippen LogP contribution >= 0.6 is 0 Å². The Labute approximate surface area is 163 Å². The summed E-state index contributed by atoms with van der Waals surface area (Å²) in [6, 6.07) is 4.80. The summed E-state index contributed by atoms with van der Waals surface area (Å²) in [4.78, 5) is 13.0. The minimum Gasteiger partial charge on any atom is -0.348 e. The molecule has 1 atom stereocenters. The van der Waals surface area contributed by atoms with E-state index < -0.39 is 10.0 Å². The van der Waals surface area contributed by atoms with E-state index in [0.29, 0.717) is 36.7 Å². The van der Waals surface area contributed by atoms with E-state index >= 15 is 0 Å². The zero-order chi connectivity index (χ0) is 20.0. The summed E-state index contributed by atoms with van der Waals surface area (Å²) < 4.78 is 27.2. The number of hydrogen-bond acceptors (Lipinski definition) is 4. The highest BCUT2D eigenvalue weighted by Crippen LogP contribution is 2.27. The smallest absolute Gasteiger partial charge is 0.251 e. The van der Waals surface area contributed by atoms with Crippen LogP contribution in [0.1, 0.15) is 61.9 Å². The first-order valence-corrected chi connectivity index (χ1v) is 11.4. The van der Waals surface area contributed by atoms with Crippen molar-refractivity contribution in [3.63, 3.8) is 0 Å². The molecule has 2 rings (SSSR count). The molecular weight excluding hydrogens is 362 g/mol. The molecule has 1 aromatic rings. The molecule has 1 fully saturated rings. The van der Waals surface area contributed by atoms with Crippen molar-refractivity contribution in [1.82, 2.24) is 9.62 Å². The fraction of sp³-hybridized carbons (Fsp3) is 0.650. The number of carbonyl (C=O) groups is 1. The Morgan fingerprint density at radius 2 is 1.85 bits per heavy atom. The second-order valence-corrected chi connectivity index (χ2v) is 9.19. The van der Waals surface area contributed by atoms with Gasteiger partial charge in [0.05, 0.1) is 4.90 Å². The average molecular weight is 396 g/mol. The van der Waals surface area contributed by atoms with Crippen LogP contribution in [0.3, 0.4) is 0 Å². The highest BCUT2D eigenvalue weighted by molar-refractivity contribution is 7.89. The molecule has 1 aromatic carbocycles. The van der Waals surface area contributed by atoms with Crippen molar-refractivity contribution in [2.24, 2.45) is 11.7 Å². The SMILES string of the molecule is CCN(CC)S(=O)(=O)c1cc(C(=O)NC(CN)C2CCCCC2)ccc1C. The van der Waals surface area contributed by atoms with Gasteiger partial charge in [0.1, 0.15) is 0 Å². The Balaban J connectivity index is 2.24. The van der Waals surface area contributed by atoms with Gasteiger partial charge in [-0.1, -0.05) is 39.2 Å². The molecule has 1 aliphatic carbocycles. The van der Waals surface area contributed by atoms with Crippen molar-refractivity contribution in [3.8, 4) is 0 Å². The third-order valence-corrected chi connectivity index (χ3v) is 7.75. The van der Waals surface area contributed by atoms with Gasteiger partial charge in [0.25, 0.3) is 5.91 Å².